The fourth-order valence-electron chi connectivity index (χ4n) is 2.19. The van der Waals surface area contributed by atoms with E-state index in [0.29, 0.717) is 17.8 Å². The monoisotopic (exact) mass is 284 g/mol. The number of hydrogen-bond acceptors (Lipinski definition) is 2. The number of nitrogen functional groups attached to an aromatic ring is 1. The van der Waals surface area contributed by atoms with Crippen LogP contribution in [-0.2, 0) is 0 Å². The van der Waals surface area contributed by atoms with E-state index in [2.05, 4.69) is 26.1 Å². The van der Waals surface area contributed by atoms with Crippen LogP contribution in [0.2, 0.25) is 0 Å². The topological polar surface area (TPSA) is 55.1 Å². The average Bonchev–Trinajstić information content (AvgIpc) is 2.41. The normalized spacial score (nSPS) is 10.7. The summed E-state index contributed by atoms with van der Waals surface area (Å²) in [5, 5.41) is 3.01. The first kappa shape index (κ1) is 17.8. The summed E-state index contributed by atoms with van der Waals surface area (Å²) < 4.78 is 0. The summed E-state index contributed by atoms with van der Waals surface area (Å²) in [4.78, 5) is 12.1. The van der Waals surface area contributed by atoms with Crippen molar-refractivity contribution in [2.24, 2.45) is 5.41 Å². The molecule has 1 amide bonds. The Morgan fingerprint density at radius 3 is 2.16 bits per heavy atom. The van der Waals surface area contributed by atoms with Crippen molar-refractivity contribution in [2.45, 2.75) is 40.0 Å². The molecule has 0 saturated carbocycles. The molecule has 0 aromatic heterocycles. The highest BCUT2D eigenvalue weighted by atomic mass is 35.5. The summed E-state index contributed by atoms with van der Waals surface area (Å²) >= 11 is 0. The van der Waals surface area contributed by atoms with Crippen LogP contribution in [0, 0.1) is 5.41 Å². The van der Waals surface area contributed by atoms with Gasteiger partial charge in [-0.05, 0) is 36.8 Å². The van der Waals surface area contributed by atoms with Crippen molar-refractivity contribution in [3.8, 4) is 0 Å². The molecule has 3 N–H and O–H groups in total. The first-order chi connectivity index (χ1) is 8.58. The van der Waals surface area contributed by atoms with Gasteiger partial charge in [-0.2, -0.15) is 0 Å². The maximum atomic E-state index is 12.1. The maximum Gasteiger partial charge on any atom is 0.253 e. The Morgan fingerprint density at radius 2 is 1.68 bits per heavy atom. The van der Waals surface area contributed by atoms with Gasteiger partial charge in [0, 0.05) is 12.2 Å². The molecule has 19 heavy (non-hydrogen) atoms. The van der Waals surface area contributed by atoms with E-state index in [-0.39, 0.29) is 23.7 Å². The van der Waals surface area contributed by atoms with Crippen LogP contribution in [0.1, 0.15) is 50.4 Å². The lowest BCUT2D eigenvalue weighted by molar-refractivity contribution is 0.0924. The minimum atomic E-state index is -0.0761. The third kappa shape index (κ3) is 4.43. The van der Waals surface area contributed by atoms with Gasteiger partial charge in [-0.1, -0.05) is 32.9 Å². The predicted octanol–water partition coefficient (Wildman–Crippen LogP) is 3.64. The molecule has 0 saturated heterocycles. The number of rotatable bonds is 6. The van der Waals surface area contributed by atoms with Gasteiger partial charge in [0.05, 0.1) is 5.56 Å². The smallest absolute Gasteiger partial charge is 0.253 e. The van der Waals surface area contributed by atoms with Gasteiger partial charge in [-0.25, -0.2) is 0 Å². The van der Waals surface area contributed by atoms with E-state index < -0.39 is 0 Å². The lowest BCUT2D eigenvalue weighted by Gasteiger charge is -2.30. The van der Waals surface area contributed by atoms with E-state index in [1.165, 1.54) is 0 Å². The van der Waals surface area contributed by atoms with Crippen LogP contribution in [0.5, 0.6) is 0 Å². The van der Waals surface area contributed by atoms with Crippen LogP contribution in [0.3, 0.4) is 0 Å². The minimum absolute atomic E-state index is 0. The molecule has 108 valence electrons. The molecule has 0 spiro atoms. The molecule has 3 nitrogen and oxygen atoms in total. The summed E-state index contributed by atoms with van der Waals surface area (Å²) in [5.41, 5.74) is 7.10. The number of amides is 1. The summed E-state index contributed by atoms with van der Waals surface area (Å²) in [5.74, 6) is -0.0761. The van der Waals surface area contributed by atoms with E-state index >= 15 is 0 Å². The fourth-order valence-corrected chi connectivity index (χ4v) is 2.19. The number of carbonyl (C=O) groups is 1. The molecule has 0 aliphatic rings. The standard InChI is InChI=1S/C15H24N2O.ClH/c1-4-15(5-2,6-3)11-17-14(18)12-9-7-8-10-13(12)16;/h7-10H,4-6,11,16H2,1-3H3,(H,17,18);1H. The average molecular weight is 285 g/mol. The number of para-hydroxylation sites is 1. The van der Waals surface area contributed by atoms with Gasteiger partial charge in [0.1, 0.15) is 0 Å². The van der Waals surface area contributed by atoms with Crippen molar-refractivity contribution in [2.75, 3.05) is 12.3 Å². The first-order valence-electron chi connectivity index (χ1n) is 6.71. The number of anilines is 1. The van der Waals surface area contributed by atoms with Gasteiger partial charge in [-0.3, -0.25) is 4.79 Å². The molecule has 0 radical (unpaired) electrons. The molecule has 0 fully saturated rings. The van der Waals surface area contributed by atoms with Crippen LogP contribution in [0.4, 0.5) is 5.69 Å². The van der Waals surface area contributed by atoms with Crippen LogP contribution >= 0.6 is 12.4 Å². The van der Waals surface area contributed by atoms with Gasteiger partial charge in [-0.15, -0.1) is 12.4 Å². The van der Waals surface area contributed by atoms with E-state index in [0.717, 1.165) is 19.3 Å². The Kier molecular flexibility index (Phi) is 7.53. The van der Waals surface area contributed by atoms with Crippen LogP contribution < -0.4 is 11.1 Å². The van der Waals surface area contributed by atoms with Gasteiger partial charge in [0.2, 0.25) is 0 Å². The lowest BCUT2D eigenvalue weighted by atomic mass is 9.80. The van der Waals surface area contributed by atoms with Crippen molar-refractivity contribution in [1.82, 2.24) is 5.32 Å². The number of carbonyl (C=O) groups excluding carboxylic acids is 1. The molecule has 0 heterocycles. The van der Waals surface area contributed by atoms with Gasteiger partial charge in [0.15, 0.2) is 0 Å². The van der Waals surface area contributed by atoms with Crippen molar-refractivity contribution < 1.29 is 4.79 Å². The fraction of sp³-hybridized carbons (Fsp3) is 0.533. The second-order valence-electron chi connectivity index (χ2n) is 4.83. The Balaban J connectivity index is 0.00000324. The molecule has 0 atom stereocenters. The lowest BCUT2D eigenvalue weighted by Crippen LogP contribution is -2.36. The van der Waals surface area contributed by atoms with Gasteiger partial charge < -0.3 is 11.1 Å². The van der Waals surface area contributed by atoms with Crippen molar-refractivity contribution in [3.63, 3.8) is 0 Å². The summed E-state index contributed by atoms with van der Waals surface area (Å²) in [6, 6.07) is 7.18. The van der Waals surface area contributed by atoms with E-state index in [1.54, 1.807) is 12.1 Å². The van der Waals surface area contributed by atoms with Crippen LogP contribution in [0.25, 0.3) is 0 Å². The summed E-state index contributed by atoms with van der Waals surface area (Å²) in [6.45, 7) is 7.24. The Morgan fingerprint density at radius 1 is 1.16 bits per heavy atom. The molecule has 0 unspecified atom stereocenters. The highest BCUT2D eigenvalue weighted by Crippen LogP contribution is 2.29. The van der Waals surface area contributed by atoms with Crippen molar-refractivity contribution >= 4 is 24.0 Å². The third-order valence-electron chi connectivity index (χ3n) is 4.08. The second kappa shape index (κ2) is 8.05. The Labute approximate surface area is 122 Å². The van der Waals surface area contributed by atoms with Gasteiger partial charge in [0.25, 0.3) is 5.91 Å². The number of nitrogens with two attached hydrogens (primary N) is 1. The van der Waals surface area contributed by atoms with Crippen LogP contribution in [-0.4, -0.2) is 12.5 Å². The zero-order valence-corrected chi connectivity index (χ0v) is 12.8. The molecular formula is C15H25ClN2O. The van der Waals surface area contributed by atoms with E-state index in [1.807, 2.05) is 12.1 Å². The summed E-state index contributed by atoms with van der Waals surface area (Å²) in [7, 11) is 0. The predicted molar refractivity (Wildman–Crippen MR) is 83.7 cm³/mol. The van der Waals surface area contributed by atoms with Crippen LogP contribution in [0.15, 0.2) is 24.3 Å². The largest absolute Gasteiger partial charge is 0.398 e. The second-order valence-corrected chi connectivity index (χ2v) is 4.83. The molecule has 1 aromatic rings. The quantitative estimate of drug-likeness (QED) is 0.784. The minimum Gasteiger partial charge on any atom is -0.398 e. The van der Waals surface area contributed by atoms with Gasteiger partial charge >= 0.3 is 0 Å². The zero-order chi connectivity index (χ0) is 13.6. The molecular weight excluding hydrogens is 260 g/mol. The molecule has 1 rings (SSSR count). The summed E-state index contributed by atoms with van der Waals surface area (Å²) in [6.07, 6.45) is 3.22. The van der Waals surface area contributed by atoms with Crippen molar-refractivity contribution in [3.05, 3.63) is 29.8 Å². The molecule has 1 aromatic carbocycles. The molecule has 4 heteroatoms. The third-order valence-corrected chi connectivity index (χ3v) is 4.08. The zero-order valence-electron chi connectivity index (χ0n) is 12.0. The van der Waals surface area contributed by atoms with E-state index in [9.17, 15) is 4.79 Å². The molecule has 0 aliphatic heterocycles. The first-order valence-corrected chi connectivity index (χ1v) is 6.71. The number of benzene rings is 1. The Bertz CT molecular complexity index is 395. The highest BCUT2D eigenvalue weighted by Gasteiger charge is 2.24. The Hall–Kier alpha value is -1.22. The molecule has 0 aliphatic carbocycles. The van der Waals surface area contributed by atoms with E-state index in [4.69, 9.17) is 5.73 Å². The maximum absolute atomic E-state index is 12.1. The SMILES string of the molecule is CCC(CC)(CC)CNC(=O)c1ccccc1N.Cl. The van der Waals surface area contributed by atoms with Crippen molar-refractivity contribution in [1.29, 1.82) is 0 Å². The number of hydrogen-bond donors (Lipinski definition) is 2. The highest BCUT2D eigenvalue weighted by molar-refractivity contribution is 5.99. The number of nitrogens with one attached hydrogen (secondary N) is 1. The molecule has 0 bridgehead atoms. The number of halogens is 1.